The topological polar surface area (TPSA) is 84.6 Å². The molecule has 3 rings (SSSR count). The summed E-state index contributed by atoms with van der Waals surface area (Å²) in [6, 6.07) is 6.25. The van der Waals surface area contributed by atoms with Gasteiger partial charge in [-0.25, -0.2) is 4.79 Å². The molecule has 0 radical (unpaired) electrons. The monoisotopic (exact) mass is 400 g/mol. The molecule has 1 atom stereocenters. The highest BCUT2D eigenvalue weighted by atomic mass is 16.2. The summed E-state index contributed by atoms with van der Waals surface area (Å²) >= 11 is 0. The van der Waals surface area contributed by atoms with E-state index in [1.165, 1.54) is 16.1 Å². The van der Waals surface area contributed by atoms with Crippen LogP contribution in [0.25, 0.3) is 10.9 Å². The number of amides is 2. The van der Waals surface area contributed by atoms with E-state index in [1.54, 1.807) is 34.1 Å². The largest absolute Gasteiger partial charge is 0.339 e. The fraction of sp³-hybridized carbons (Fsp3) is 0.524. The molecule has 1 aromatic heterocycles. The first-order valence-corrected chi connectivity index (χ1v) is 10.2. The number of nitrogens with zero attached hydrogens (tertiary/aromatic N) is 4. The molecule has 29 heavy (non-hydrogen) atoms. The fourth-order valence-electron chi connectivity index (χ4n) is 3.97. The average Bonchev–Trinajstić information content (AvgIpc) is 2.73. The quantitative estimate of drug-likeness (QED) is 0.755. The number of rotatable bonds is 5. The van der Waals surface area contributed by atoms with Crippen LogP contribution in [0.3, 0.4) is 0 Å². The maximum absolute atomic E-state index is 13.3. The van der Waals surface area contributed by atoms with Gasteiger partial charge in [0, 0.05) is 39.6 Å². The summed E-state index contributed by atoms with van der Waals surface area (Å²) in [5.74, 6) is -0.150. The predicted octanol–water partition coefficient (Wildman–Crippen LogP) is 1.21. The molecule has 0 saturated carbocycles. The van der Waals surface area contributed by atoms with Crippen molar-refractivity contribution >= 4 is 22.7 Å². The molecular weight excluding hydrogens is 372 g/mol. The molecule has 1 unspecified atom stereocenters. The van der Waals surface area contributed by atoms with Crippen LogP contribution in [0.2, 0.25) is 0 Å². The van der Waals surface area contributed by atoms with Crippen molar-refractivity contribution in [2.24, 2.45) is 0 Å². The van der Waals surface area contributed by atoms with Gasteiger partial charge in [0.05, 0.1) is 10.9 Å². The molecule has 0 bridgehead atoms. The number of piperazine rings is 1. The van der Waals surface area contributed by atoms with Crippen LogP contribution in [0.15, 0.2) is 33.9 Å². The molecular formula is C21H28N4O4. The first kappa shape index (κ1) is 20.8. The minimum atomic E-state index is -0.694. The number of hydrogen-bond donors (Lipinski definition) is 0. The first-order valence-electron chi connectivity index (χ1n) is 10.2. The predicted molar refractivity (Wildman–Crippen MR) is 111 cm³/mol. The zero-order chi connectivity index (χ0) is 21.1. The Morgan fingerprint density at radius 3 is 2.21 bits per heavy atom. The smallest absolute Gasteiger partial charge is 0.332 e. The number of aromatic nitrogens is 2. The van der Waals surface area contributed by atoms with Gasteiger partial charge in [-0.2, -0.15) is 0 Å². The van der Waals surface area contributed by atoms with Crippen molar-refractivity contribution in [3.63, 3.8) is 0 Å². The Morgan fingerprint density at radius 1 is 1.00 bits per heavy atom. The lowest BCUT2D eigenvalue weighted by atomic mass is 10.1. The number of hydrogen-bond acceptors (Lipinski definition) is 4. The molecule has 156 valence electrons. The van der Waals surface area contributed by atoms with Gasteiger partial charge in [-0.1, -0.05) is 26.0 Å². The lowest BCUT2D eigenvalue weighted by Crippen LogP contribution is -2.53. The van der Waals surface area contributed by atoms with Crippen LogP contribution in [0.5, 0.6) is 0 Å². The van der Waals surface area contributed by atoms with Crippen molar-refractivity contribution in [3.8, 4) is 0 Å². The number of carbonyl (C=O) groups is 2. The summed E-state index contributed by atoms with van der Waals surface area (Å²) in [7, 11) is 0. The maximum atomic E-state index is 13.3. The van der Waals surface area contributed by atoms with Crippen molar-refractivity contribution in [3.05, 3.63) is 45.1 Å². The second kappa shape index (κ2) is 8.63. The summed E-state index contributed by atoms with van der Waals surface area (Å²) in [4.78, 5) is 54.3. The van der Waals surface area contributed by atoms with Gasteiger partial charge in [-0.05, 0) is 25.0 Å². The number of carbonyl (C=O) groups excluding carboxylic acids is 2. The minimum absolute atomic E-state index is 0.00186. The summed E-state index contributed by atoms with van der Waals surface area (Å²) in [5.41, 5.74) is -0.281. The molecule has 2 aromatic rings. The highest BCUT2D eigenvalue weighted by Gasteiger charge is 2.30. The normalized spacial score (nSPS) is 15.6. The maximum Gasteiger partial charge on any atom is 0.332 e. The molecule has 2 heterocycles. The van der Waals surface area contributed by atoms with Crippen LogP contribution >= 0.6 is 0 Å². The SMILES string of the molecule is CCCn1c(=O)c2ccccc2n(C(CC)C(=O)N2CCN(C(C)=O)CC2)c1=O. The first-order chi connectivity index (χ1) is 13.9. The van der Waals surface area contributed by atoms with E-state index in [2.05, 4.69) is 0 Å². The third-order valence-electron chi connectivity index (χ3n) is 5.54. The summed E-state index contributed by atoms with van der Waals surface area (Å²) < 4.78 is 2.71. The number of para-hydroxylation sites is 1. The second-order valence-corrected chi connectivity index (χ2v) is 7.38. The van der Waals surface area contributed by atoms with Crippen LogP contribution in [0.1, 0.15) is 39.7 Å². The van der Waals surface area contributed by atoms with E-state index >= 15 is 0 Å². The van der Waals surface area contributed by atoms with E-state index in [-0.39, 0.29) is 17.4 Å². The summed E-state index contributed by atoms with van der Waals surface area (Å²) in [6.07, 6.45) is 1.07. The Balaban J connectivity index is 2.06. The van der Waals surface area contributed by atoms with Crippen LogP contribution in [-0.2, 0) is 16.1 Å². The lowest BCUT2D eigenvalue weighted by molar-refractivity contribution is -0.140. The molecule has 0 aliphatic carbocycles. The van der Waals surface area contributed by atoms with E-state index in [0.717, 1.165) is 0 Å². The number of fused-ring (bicyclic) bond motifs is 1. The Hall–Kier alpha value is -2.90. The molecule has 1 saturated heterocycles. The van der Waals surface area contributed by atoms with Gasteiger partial charge in [-0.3, -0.25) is 23.5 Å². The molecule has 0 spiro atoms. The Kier molecular flexibility index (Phi) is 6.20. The molecule has 1 aliphatic heterocycles. The highest BCUT2D eigenvalue weighted by molar-refractivity contribution is 5.85. The molecule has 8 heteroatoms. The van der Waals surface area contributed by atoms with Crippen LogP contribution in [-0.4, -0.2) is 56.9 Å². The van der Waals surface area contributed by atoms with Gasteiger partial charge in [0.25, 0.3) is 5.56 Å². The lowest BCUT2D eigenvalue weighted by Gasteiger charge is -2.36. The Labute approximate surface area is 169 Å². The molecule has 2 amide bonds. The van der Waals surface area contributed by atoms with E-state index in [4.69, 9.17) is 0 Å². The van der Waals surface area contributed by atoms with E-state index < -0.39 is 11.7 Å². The van der Waals surface area contributed by atoms with E-state index in [9.17, 15) is 19.2 Å². The standard InChI is InChI=1S/C21H28N4O4/c1-4-10-24-19(27)16-8-6-7-9-18(16)25(21(24)29)17(5-2)20(28)23-13-11-22(12-14-23)15(3)26/h6-9,17H,4-5,10-14H2,1-3H3. The highest BCUT2D eigenvalue weighted by Crippen LogP contribution is 2.20. The zero-order valence-electron chi connectivity index (χ0n) is 17.3. The van der Waals surface area contributed by atoms with Gasteiger partial charge in [0.2, 0.25) is 11.8 Å². The van der Waals surface area contributed by atoms with E-state index in [0.29, 0.717) is 56.5 Å². The number of benzene rings is 1. The average molecular weight is 400 g/mol. The third kappa shape index (κ3) is 3.83. The van der Waals surface area contributed by atoms with Gasteiger partial charge < -0.3 is 9.80 Å². The summed E-state index contributed by atoms with van der Waals surface area (Å²) in [6.45, 7) is 7.46. The molecule has 0 N–H and O–H groups in total. The van der Waals surface area contributed by atoms with Gasteiger partial charge in [0.1, 0.15) is 6.04 Å². The second-order valence-electron chi connectivity index (χ2n) is 7.38. The zero-order valence-corrected chi connectivity index (χ0v) is 17.3. The van der Waals surface area contributed by atoms with Gasteiger partial charge >= 0.3 is 5.69 Å². The summed E-state index contributed by atoms with van der Waals surface area (Å²) in [5, 5.41) is 0.438. The molecule has 8 nitrogen and oxygen atoms in total. The van der Waals surface area contributed by atoms with Crippen LogP contribution in [0, 0.1) is 0 Å². The molecule has 1 aromatic carbocycles. The van der Waals surface area contributed by atoms with Crippen LogP contribution in [0.4, 0.5) is 0 Å². The van der Waals surface area contributed by atoms with Crippen molar-refractivity contribution < 1.29 is 9.59 Å². The van der Waals surface area contributed by atoms with Crippen molar-refractivity contribution in [1.29, 1.82) is 0 Å². The molecule has 1 aliphatic rings. The Bertz CT molecular complexity index is 1030. The van der Waals surface area contributed by atoms with Gasteiger partial charge in [-0.15, -0.1) is 0 Å². The van der Waals surface area contributed by atoms with Gasteiger partial charge in [0.15, 0.2) is 0 Å². The van der Waals surface area contributed by atoms with Crippen molar-refractivity contribution in [2.45, 2.75) is 46.2 Å². The minimum Gasteiger partial charge on any atom is -0.339 e. The Morgan fingerprint density at radius 2 is 1.62 bits per heavy atom. The third-order valence-corrected chi connectivity index (χ3v) is 5.54. The van der Waals surface area contributed by atoms with Crippen LogP contribution < -0.4 is 11.2 Å². The van der Waals surface area contributed by atoms with Crippen molar-refractivity contribution in [1.82, 2.24) is 18.9 Å². The fourth-order valence-corrected chi connectivity index (χ4v) is 3.97. The molecule has 1 fully saturated rings. The van der Waals surface area contributed by atoms with Crippen molar-refractivity contribution in [2.75, 3.05) is 26.2 Å². The van der Waals surface area contributed by atoms with E-state index in [1.807, 2.05) is 13.8 Å².